The lowest BCUT2D eigenvalue weighted by Crippen LogP contribution is -2.53. The molecule has 0 heterocycles. The second-order valence-electron chi connectivity index (χ2n) is 10.5. The Kier molecular flexibility index (Phi) is 3.11. The van der Waals surface area contributed by atoms with Crippen LogP contribution in [0.2, 0.25) is 0 Å². The topological polar surface area (TPSA) is 17.1 Å². The molecule has 0 saturated heterocycles. The van der Waals surface area contributed by atoms with Gasteiger partial charge in [-0.2, -0.15) is 0 Å². The maximum Gasteiger partial charge on any atom is 0.133 e. The molecule has 0 unspecified atom stereocenters. The summed E-state index contributed by atoms with van der Waals surface area (Å²) in [5.41, 5.74) is 2.80. The summed E-state index contributed by atoms with van der Waals surface area (Å²) in [6, 6.07) is 0. The Hall–Kier alpha value is -0.590. The van der Waals surface area contributed by atoms with Crippen molar-refractivity contribution in [2.45, 2.75) is 72.6 Å². The molecule has 0 aromatic heterocycles. The van der Waals surface area contributed by atoms with E-state index in [-0.39, 0.29) is 0 Å². The molecule has 5 aliphatic rings. The minimum absolute atomic E-state index is 0.463. The van der Waals surface area contributed by atoms with E-state index in [9.17, 15) is 4.79 Å². The van der Waals surface area contributed by atoms with Gasteiger partial charge < -0.3 is 0 Å². The fraction of sp³-hybridized carbons (Fsp3) is 0.870. The molecule has 0 aromatic rings. The monoisotopic (exact) mass is 326 g/mol. The molecule has 0 radical (unpaired) electrons. The molecule has 5 saturated carbocycles. The molecule has 0 spiro atoms. The average molecular weight is 327 g/mol. The highest BCUT2D eigenvalue weighted by molar-refractivity contribution is 5.79. The first-order valence-electron chi connectivity index (χ1n) is 10.6. The molecule has 24 heavy (non-hydrogen) atoms. The highest BCUT2D eigenvalue weighted by atomic mass is 16.1. The fourth-order valence-corrected chi connectivity index (χ4v) is 8.78. The number of carbonyl (C=O) groups excluding carboxylic acids is 1. The van der Waals surface area contributed by atoms with Gasteiger partial charge in [0.15, 0.2) is 0 Å². The second-order valence-corrected chi connectivity index (χ2v) is 10.5. The number of Topliss-reactive ketones (excluding diaryl/α,β-unsaturated/α-hetero) is 1. The Morgan fingerprint density at radius 1 is 1.12 bits per heavy atom. The lowest BCUT2D eigenvalue weighted by atomic mass is 9.44. The van der Waals surface area contributed by atoms with Crippen molar-refractivity contribution < 1.29 is 4.79 Å². The molecule has 5 rings (SSSR count). The van der Waals surface area contributed by atoms with Crippen LogP contribution in [0.15, 0.2) is 11.6 Å². The maximum atomic E-state index is 12.0. The van der Waals surface area contributed by atoms with Crippen LogP contribution in [0, 0.1) is 52.3 Å². The van der Waals surface area contributed by atoms with E-state index in [4.69, 9.17) is 0 Å². The molecular weight excluding hydrogens is 292 g/mol. The van der Waals surface area contributed by atoms with E-state index >= 15 is 0 Å². The number of ketones is 1. The zero-order valence-corrected chi connectivity index (χ0v) is 16.0. The molecule has 0 amide bonds. The molecule has 0 aromatic carbocycles. The van der Waals surface area contributed by atoms with Crippen molar-refractivity contribution in [3.63, 3.8) is 0 Å². The summed E-state index contributed by atoms with van der Waals surface area (Å²) in [6.07, 6.45) is 11.0. The van der Waals surface area contributed by atoms with E-state index < -0.39 is 0 Å². The molecule has 0 aliphatic heterocycles. The molecule has 0 N–H and O–H groups in total. The third-order valence-electron chi connectivity index (χ3n) is 9.92. The first-order valence-corrected chi connectivity index (χ1v) is 10.6. The Morgan fingerprint density at radius 3 is 2.67 bits per heavy atom. The van der Waals surface area contributed by atoms with Gasteiger partial charge in [0.2, 0.25) is 0 Å². The van der Waals surface area contributed by atoms with Crippen molar-refractivity contribution in [1.82, 2.24) is 0 Å². The van der Waals surface area contributed by atoms with Gasteiger partial charge in [0.25, 0.3) is 0 Å². The molecular formula is C23H34O. The zero-order chi connectivity index (χ0) is 16.9. The van der Waals surface area contributed by atoms with Crippen LogP contribution in [0.5, 0.6) is 0 Å². The van der Waals surface area contributed by atoms with E-state index in [2.05, 4.69) is 33.8 Å². The molecule has 0 bridgehead atoms. The van der Waals surface area contributed by atoms with Crippen molar-refractivity contribution in [2.75, 3.05) is 0 Å². The highest BCUT2D eigenvalue weighted by Crippen LogP contribution is 2.77. The maximum absolute atomic E-state index is 12.0. The Balaban J connectivity index is 1.51. The highest BCUT2D eigenvalue weighted by Gasteiger charge is 2.71. The standard InChI is InChI=1S/C23H34O/c1-5-17-19-13(2)20(19)21-16-7-6-14-12-15(24)8-10-22(14,3)18(16)9-11-23(17,21)4/h5,13-14,16,18-21H,6-12H2,1-4H3/b17-5-/t13-,14+,16-,18+,19-,20-,21-,22+,23-/m1/s1. The molecule has 5 fully saturated rings. The SMILES string of the molecule is C/C=C1/[C@H]2[C@@H](C)[C@H]2[C@H]2[C@@H]3CC[C@H]4CC(=O)CC[C@]4(C)[C@H]3CC[C@]12C. The molecule has 1 nitrogen and oxygen atoms in total. The summed E-state index contributed by atoms with van der Waals surface area (Å²) >= 11 is 0. The van der Waals surface area contributed by atoms with Gasteiger partial charge in [-0.1, -0.05) is 32.4 Å². The van der Waals surface area contributed by atoms with Gasteiger partial charge in [0, 0.05) is 12.8 Å². The van der Waals surface area contributed by atoms with Crippen LogP contribution >= 0.6 is 0 Å². The predicted octanol–water partition coefficient (Wildman–Crippen LogP) is 5.65. The van der Waals surface area contributed by atoms with Crippen LogP contribution in [0.4, 0.5) is 0 Å². The van der Waals surface area contributed by atoms with Crippen molar-refractivity contribution in [3.8, 4) is 0 Å². The number of allylic oxidation sites excluding steroid dienone is 2. The number of carbonyl (C=O) groups is 1. The summed E-state index contributed by atoms with van der Waals surface area (Å²) < 4.78 is 0. The Bertz CT molecular complexity index is 618. The summed E-state index contributed by atoms with van der Waals surface area (Å²) in [7, 11) is 0. The first kappa shape index (κ1) is 15.6. The lowest BCUT2D eigenvalue weighted by Gasteiger charge is -2.60. The lowest BCUT2D eigenvalue weighted by molar-refractivity contribution is -0.138. The smallest absolute Gasteiger partial charge is 0.133 e. The van der Waals surface area contributed by atoms with Gasteiger partial charge in [-0.25, -0.2) is 0 Å². The van der Waals surface area contributed by atoms with Crippen LogP contribution in [0.25, 0.3) is 0 Å². The van der Waals surface area contributed by atoms with Gasteiger partial charge >= 0.3 is 0 Å². The summed E-state index contributed by atoms with van der Waals surface area (Å²) in [5, 5.41) is 0. The Morgan fingerprint density at radius 2 is 1.92 bits per heavy atom. The van der Waals surface area contributed by atoms with Crippen LogP contribution in [0.1, 0.15) is 72.6 Å². The molecule has 132 valence electrons. The number of hydrogen-bond acceptors (Lipinski definition) is 1. The van der Waals surface area contributed by atoms with Crippen LogP contribution in [-0.4, -0.2) is 5.78 Å². The third-order valence-corrected chi connectivity index (χ3v) is 9.92. The van der Waals surface area contributed by atoms with Gasteiger partial charge in [-0.3, -0.25) is 4.79 Å². The van der Waals surface area contributed by atoms with Crippen LogP contribution in [0.3, 0.4) is 0 Å². The van der Waals surface area contributed by atoms with Gasteiger partial charge in [0.1, 0.15) is 5.78 Å². The number of hydrogen-bond donors (Lipinski definition) is 0. The number of fused-ring (bicyclic) bond motifs is 7. The normalized spacial score (nSPS) is 60.2. The summed E-state index contributed by atoms with van der Waals surface area (Å²) in [5.74, 6) is 6.86. The van der Waals surface area contributed by atoms with Crippen molar-refractivity contribution in [2.24, 2.45) is 52.3 Å². The van der Waals surface area contributed by atoms with E-state index in [1.54, 1.807) is 0 Å². The van der Waals surface area contributed by atoms with Gasteiger partial charge in [-0.15, -0.1) is 0 Å². The third kappa shape index (κ3) is 1.70. The molecule has 9 atom stereocenters. The van der Waals surface area contributed by atoms with Gasteiger partial charge in [-0.05, 0) is 91.3 Å². The number of rotatable bonds is 0. The summed E-state index contributed by atoms with van der Waals surface area (Å²) in [6.45, 7) is 9.99. The minimum Gasteiger partial charge on any atom is -0.300 e. The summed E-state index contributed by atoms with van der Waals surface area (Å²) in [4.78, 5) is 12.0. The zero-order valence-electron chi connectivity index (χ0n) is 16.0. The van der Waals surface area contributed by atoms with Crippen LogP contribution in [-0.2, 0) is 4.79 Å². The minimum atomic E-state index is 0.463. The van der Waals surface area contributed by atoms with Gasteiger partial charge in [0.05, 0.1) is 0 Å². The predicted molar refractivity (Wildman–Crippen MR) is 97.4 cm³/mol. The van der Waals surface area contributed by atoms with E-state index in [0.29, 0.717) is 22.5 Å². The quantitative estimate of drug-likeness (QED) is 0.526. The largest absolute Gasteiger partial charge is 0.300 e. The van der Waals surface area contributed by atoms with E-state index in [1.165, 1.54) is 32.1 Å². The molecule has 5 aliphatic carbocycles. The Labute approximate surface area is 147 Å². The molecule has 1 heteroatoms. The van der Waals surface area contributed by atoms with Crippen molar-refractivity contribution >= 4 is 5.78 Å². The van der Waals surface area contributed by atoms with Crippen LogP contribution < -0.4 is 0 Å². The van der Waals surface area contributed by atoms with E-state index in [0.717, 1.165) is 48.3 Å². The van der Waals surface area contributed by atoms with E-state index in [1.807, 2.05) is 5.57 Å². The fourth-order valence-electron chi connectivity index (χ4n) is 8.78. The second kappa shape index (κ2) is 4.77. The van der Waals surface area contributed by atoms with Crippen molar-refractivity contribution in [1.29, 1.82) is 0 Å². The van der Waals surface area contributed by atoms with Crippen molar-refractivity contribution in [3.05, 3.63) is 11.6 Å². The average Bonchev–Trinajstić information content (AvgIpc) is 3.08. The first-order chi connectivity index (χ1) is 11.4.